The van der Waals surface area contributed by atoms with Crippen molar-refractivity contribution in [2.24, 2.45) is 5.92 Å². The van der Waals surface area contributed by atoms with Crippen molar-refractivity contribution in [2.45, 2.75) is 52.6 Å². The fourth-order valence-corrected chi connectivity index (χ4v) is 3.56. The van der Waals surface area contributed by atoms with E-state index in [0.29, 0.717) is 18.2 Å². The van der Waals surface area contributed by atoms with Crippen LogP contribution in [-0.4, -0.2) is 48.3 Å². The summed E-state index contributed by atoms with van der Waals surface area (Å²) in [7, 11) is 0. The molecule has 25 heavy (non-hydrogen) atoms. The van der Waals surface area contributed by atoms with Crippen molar-refractivity contribution in [2.75, 3.05) is 25.4 Å². The summed E-state index contributed by atoms with van der Waals surface area (Å²) in [5, 5.41) is 2.84. The van der Waals surface area contributed by atoms with E-state index in [1.54, 1.807) is 11.8 Å². The van der Waals surface area contributed by atoms with Crippen molar-refractivity contribution in [1.29, 1.82) is 0 Å². The lowest BCUT2D eigenvalue weighted by atomic mass is 9.93. The molecule has 5 nitrogen and oxygen atoms in total. The van der Waals surface area contributed by atoms with E-state index in [1.807, 2.05) is 33.8 Å². The van der Waals surface area contributed by atoms with Crippen LogP contribution in [0.25, 0.3) is 0 Å². The smallest absolute Gasteiger partial charge is 0.407 e. The number of allylic oxidation sites excluding steroid dienone is 2. The lowest BCUT2D eigenvalue weighted by Crippen LogP contribution is -2.36. The molecule has 1 N–H and O–H groups in total. The van der Waals surface area contributed by atoms with Crippen LogP contribution in [0.5, 0.6) is 0 Å². The van der Waals surface area contributed by atoms with E-state index in [0.717, 1.165) is 49.2 Å². The Bertz CT molecular complexity index is 489. The van der Waals surface area contributed by atoms with Gasteiger partial charge in [-0.3, -0.25) is 0 Å². The van der Waals surface area contributed by atoms with Crippen LogP contribution < -0.4 is 5.32 Å². The van der Waals surface area contributed by atoms with Gasteiger partial charge in [-0.1, -0.05) is 6.58 Å². The normalized spacial score (nSPS) is 16.9. The molecular formula is C19H32N2O3S. The number of rotatable bonds is 8. The number of likely N-dealkylation sites (tertiary alicyclic amines) is 1. The van der Waals surface area contributed by atoms with Crippen LogP contribution in [0.3, 0.4) is 0 Å². The van der Waals surface area contributed by atoms with Gasteiger partial charge in [-0.15, -0.1) is 11.8 Å². The van der Waals surface area contributed by atoms with Crippen LogP contribution in [0, 0.1) is 5.92 Å². The van der Waals surface area contributed by atoms with E-state index in [1.165, 1.54) is 0 Å². The average Bonchev–Trinajstić information content (AvgIpc) is 2.53. The van der Waals surface area contributed by atoms with Crippen molar-refractivity contribution in [1.82, 2.24) is 10.2 Å². The highest BCUT2D eigenvalue weighted by molar-refractivity contribution is 8.03. The van der Waals surface area contributed by atoms with Crippen molar-refractivity contribution < 1.29 is 14.3 Å². The predicted molar refractivity (Wildman–Crippen MR) is 105 cm³/mol. The number of aldehydes is 1. The summed E-state index contributed by atoms with van der Waals surface area (Å²) in [6, 6.07) is 0. The van der Waals surface area contributed by atoms with Crippen LogP contribution in [0.15, 0.2) is 23.3 Å². The summed E-state index contributed by atoms with van der Waals surface area (Å²) in [4.78, 5) is 25.7. The maximum Gasteiger partial charge on any atom is 0.407 e. The lowest BCUT2D eigenvalue weighted by molar-refractivity contribution is -0.105. The molecule has 1 saturated heterocycles. The van der Waals surface area contributed by atoms with Crippen molar-refractivity contribution in [3.05, 3.63) is 23.3 Å². The first-order chi connectivity index (χ1) is 11.8. The van der Waals surface area contributed by atoms with Gasteiger partial charge in [-0.25, -0.2) is 4.79 Å². The molecule has 0 aromatic rings. The highest BCUT2D eigenvalue weighted by Gasteiger charge is 2.21. The third-order valence-electron chi connectivity index (χ3n) is 4.10. The number of amides is 1. The molecule has 6 heteroatoms. The Balaban J connectivity index is 2.37. The fraction of sp³-hybridized carbons (Fsp3) is 0.684. The minimum absolute atomic E-state index is 0.343. The van der Waals surface area contributed by atoms with E-state index in [2.05, 4.69) is 16.8 Å². The first kappa shape index (κ1) is 21.6. The second-order valence-electron chi connectivity index (χ2n) is 7.27. The summed E-state index contributed by atoms with van der Waals surface area (Å²) < 4.78 is 5.25. The largest absolute Gasteiger partial charge is 0.444 e. The van der Waals surface area contributed by atoms with E-state index < -0.39 is 5.60 Å². The zero-order valence-electron chi connectivity index (χ0n) is 16.0. The van der Waals surface area contributed by atoms with Gasteiger partial charge in [0.1, 0.15) is 11.9 Å². The molecule has 0 aromatic heterocycles. The number of nitrogens with zero attached hydrogens (tertiary/aromatic N) is 1. The summed E-state index contributed by atoms with van der Waals surface area (Å²) in [5.74, 6) is 1.09. The molecule has 0 atom stereocenters. The molecule has 0 aromatic carbocycles. The molecule has 1 rings (SSSR count). The van der Waals surface area contributed by atoms with Gasteiger partial charge in [0.25, 0.3) is 0 Å². The molecular weight excluding hydrogens is 336 g/mol. The zero-order chi connectivity index (χ0) is 18.9. The lowest BCUT2D eigenvalue weighted by Gasteiger charge is -2.35. The molecule has 142 valence electrons. The van der Waals surface area contributed by atoms with Crippen LogP contribution in [0.1, 0.15) is 47.0 Å². The molecule has 0 bridgehead atoms. The Labute approximate surface area is 156 Å². The first-order valence-electron chi connectivity index (χ1n) is 8.88. The van der Waals surface area contributed by atoms with Gasteiger partial charge in [-0.05, 0) is 59.0 Å². The second kappa shape index (κ2) is 10.5. The maximum absolute atomic E-state index is 11.7. The molecule has 1 amide bonds. The predicted octanol–water partition coefficient (Wildman–Crippen LogP) is 3.96. The number of carbonyl (C=O) groups excluding carboxylic acids is 2. The summed E-state index contributed by atoms with van der Waals surface area (Å²) in [5.41, 5.74) is 0.680. The van der Waals surface area contributed by atoms with E-state index in [9.17, 15) is 9.59 Å². The summed E-state index contributed by atoms with van der Waals surface area (Å²) >= 11 is 1.56. The molecule has 0 saturated carbocycles. The van der Waals surface area contributed by atoms with Crippen molar-refractivity contribution in [3.8, 4) is 0 Å². The van der Waals surface area contributed by atoms with E-state index in [4.69, 9.17) is 4.74 Å². The Morgan fingerprint density at radius 3 is 2.52 bits per heavy atom. The topological polar surface area (TPSA) is 58.6 Å². The molecule has 0 radical (unpaired) electrons. The molecule has 1 aliphatic rings. The number of alkyl carbamates (subject to hydrolysis) is 1. The molecule has 1 aliphatic heterocycles. The molecule has 1 heterocycles. The van der Waals surface area contributed by atoms with Crippen molar-refractivity contribution >= 4 is 24.1 Å². The van der Waals surface area contributed by atoms with Gasteiger partial charge in [0, 0.05) is 30.2 Å². The minimum atomic E-state index is -0.456. The fourth-order valence-electron chi connectivity index (χ4n) is 2.88. The van der Waals surface area contributed by atoms with Crippen LogP contribution in [-0.2, 0) is 9.53 Å². The quantitative estimate of drug-likeness (QED) is 0.519. The number of hydrogen-bond donors (Lipinski definition) is 1. The molecule has 0 unspecified atom stereocenters. The SMILES string of the molecule is C=CC(=C(C)SCC=O)N1CCC(CCNC(=O)OC(C)(C)C)CC1. The number of hydrogen-bond acceptors (Lipinski definition) is 5. The standard InChI is InChI=1S/C19H32N2O3S/c1-6-17(15(2)25-14-13-22)21-11-8-16(9-12-21)7-10-20-18(23)24-19(3,4)5/h6,13,16H,1,7-12,14H2,2-5H3,(H,20,23). The molecule has 1 fully saturated rings. The minimum Gasteiger partial charge on any atom is -0.444 e. The number of carbonyl (C=O) groups is 2. The Morgan fingerprint density at radius 2 is 2.00 bits per heavy atom. The Kier molecular flexibility index (Phi) is 9.11. The van der Waals surface area contributed by atoms with Gasteiger partial charge in [0.15, 0.2) is 0 Å². The summed E-state index contributed by atoms with van der Waals surface area (Å²) in [6.07, 6.45) is 5.64. The van der Waals surface area contributed by atoms with E-state index >= 15 is 0 Å². The number of thioether (sulfide) groups is 1. The van der Waals surface area contributed by atoms with Crippen LogP contribution >= 0.6 is 11.8 Å². The van der Waals surface area contributed by atoms with Gasteiger partial charge in [-0.2, -0.15) is 0 Å². The van der Waals surface area contributed by atoms with Gasteiger partial charge in [0.05, 0.1) is 5.75 Å². The monoisotopic (exact) mass is 368 g/mol. The average molecular weight is 369 g/mol. The third kappa shape index (κ3) is 8.47. The number of nitrogens with one attached hydrogen (secondary N) is 1. The van der Waals surface area contributed by atoms with Gasteiger partial charge in [0.2, 0.25) is 0 Å². The number of ether oxygens (including phenoxy) is 1. The maximum atomic E-state index is 11.7. The zero-order valence-corrected chi connectivity index (χ0v) is 16.8. The van der Waals surface area contributed by atoms with Crippen LogP contribution in [0.2, 0.25) is 0 Å². The summed E-state index contributed by atoms with van der Waals surface area (Å²) in [6.45, 7) is 14.2. The van der Waals surface area contributed by atoms with Crippen molar-refractivity contribution in [3.63, 3.8) is 0 Å². The second-order valence-corrected chi connectivity index (χ2v) is 8.51. The Morgan fingerprint density at radius 1 is 1.36 bits per heavy atom. The third-order valence-corrected chi connectivity index (χ3v) is 5.04. The van der Waals surface area contributed by atoms with Gasteiger partial charge < -0.3 is 19.7 Å². The number of piperidine rings is 1. The molecule has 0 spiro atoms. The van der Waals surface area contributed by atoms with Gasteiger partial charge >= 0.3 is 6.09 Å². The highest BCUT2D eigenvalue weighted by atomic mass is 32.2. The first-order valence-corrected chi connectivity index (χ1v) is 9.87. The van der Waals surface area contributed by atoms with Crippen LogP contribution in [0.4, 0.5) is 4.79 Å². The van der Waals surface area contributed by atoms with E-state index in [-0.39, 0.29) is 6.09 Å². The molecule has 0 aliphatic carbocycles. The highest BCUT2D eigenvalue weighted by Crippen LogP contribution is 2.27. The Hall–Kier alpha value is -1.43.